The molecule has 210 valence electrons. The van der Waals surface area contributed by atoms with Crippen LogP contribution in [0.5, 0.6) is 0 Å². The van der Waals surface area contributed by atoms with Crippen molar-refractivity contribution in [3.8, 4) is 0 Å². The molecule has 2 aromatic rings. The molecule has 9 heteroatoms. The van der Waals surface area contributed by atoms with Gasteiger partial charge in [-0.15, -0.1) is 0 Å². The van der Waals surface area contributed by atoms with Crippen LogP contribution in [0.15, 0.2) is 42.5 Å². The number of nitrogens with zero attached hydrogens (tertiary/aromatic N) is 3. The van der Waals surface area contributed by atoms with Gasteiger partial charge in [0, 0.05) is 45.2 Å². The number of piperidine rings is 1. The SMILES string of the molecule is CC1(C)CN(C2CN(Cc3ccc(CCc4cccc5c4C(=O)N(C4CCC(=O)NC4=O)C5=O)cc3)C2)CCO1. The van der Waals surface area contributed by atoms with Gasteiger partial charge >= 0.3 is 0 Å². The summed E-state index contributed by atoms with van der Waals surface area (Å²) in [6, 6.07) is 13.6. The van der Waals surface area contributed by atoms with Crippen LogP contribution in [0.4, 0.5) is 0 Å². The van der Waals surface area contributed by atoms with Crippen LogP contribution in [0.1, 0.15) is 64.1 Å². The van der Waals surface area contributed by atoms with Crippen LogP contribution in [0.3, 0.4) is 0 Å². The molecule has 6 rings (SSSR count). The van der Waals surface area contributed by atoms with E-state index >= 15 is 0 Å². The lowest BCUT2D eigenvalue weighted by Crippen LogP contribution is -2.63. The summed E-state index contributed by atoms with van der Waals surface area (Å²) >= 11 is 0. The van der Waals surface area contributed by atoms with Crippen LogP contribution >= 0.6 is 0 Å². The van der Waals surface area contributed by atoms with E-state index < -0.39 is 23.8 Å². The van der Waals surface area contributed by atoms with Crippen molar-refractivity contribution < 1.29 is 23.9 Å². The Morgan fingerprint density at radius 3 is 2.42 bits per heavy atom. The highest BCUT2D eigenvalue weighted by atomic mass is 16.5. The van der Waals surface area contributed by atoms with Crippen LogP contribution < -0.4 is 5.32 Å². The smallest absolute Gasteiger partial charge is 0.262 e. The van der Waals surface area contributed by atoms with E-state index in [9.17, 15) is 19.2 Å². The lowest BCUT2D eigenvalue weighted by Gasteiger charge is -2.49. The lowest BCUT2D eigenvalue weighted by molar-refractivity contribution is -0.136. The number of hydrogen-bond acceptors (Lipinski definition) is 7. The summed E-state index contributed by atoms with van der Waals surface area (Å²) < 4.78 is 5.85. The maximum absolute atomic E-state index is 13.3. The third kappa shape index (κ3) is 5.21. The monoisotopic (exact) mass is 544 g/mol. The van der Waals surface area contributed by atoms with Crippen molar-refractivity contribution in [1.82, 2.24) is 20.0 Å². The zero-order chi connectivity index (χ0) is 28.0. The van der Waals surface area contributed by atoms with Gasteiger partial charge in [-0.05, 0) is 55.9 Å². The number of ether oxygens (including phenoxy) is 1. The van der Waals surface area contributed by atoms with Crippen LogP contribution in [0.25, 0.3) is 0 Å². The molecule has 3 saturated heterocycles. The normalized spacial score (nSPS) is 23.8. The number of nitrogens with one attached hydrogen (secondary N) is 1. The third-order valence-electron chi connectivity index (χ3n) is 8.58. The quantitative estimate of drug-likeness (QED) is 0.534. The van der Waals surface area contributed by atoms with E-state index in [0.29, 0.717) is 23.6 Å². The van der Waals surface area contributed by atoms with E-state index in [4.69, 9.17) is 4.74 Å². The first kappa shape index (κ1) is 26.8. The summed E-state index contributed by atoms with van der Waals surface area (Å²) in [5.74, 6) is -1.89. The molecule has 9 nitrogen and oxygen atoms in total. The van der Waals surface area contributed by atoms with E-state index in [-0.39, 0.29) is 24.3 Å². The average Bonchev–Trinajstić information content (AvgIpc) is 3.15. The topological polar surface area (TPSA) is 99.3 Å². The predicted octanol–water partition coefficient (Wildman–Crippen LogP) is 2.17. The fourth-order valence-electron chi connectivity index (χ4n) is 6.41. The molecule has 4 aliphatic rings. The Morgan fingerprint density at radius 1 is 0.950 bits per heavy atom. The molecule has 0 aromatic heterocycles. The molecular formula is C31H36N4O5. The minimum atomic E-state index is -0.951. The van der Waals surface area contributed by atoms with Gasteiger partial charge < -0.3 is 4.74 Å². The van der Waals surface area contributed by atoms with Gasteiger partial charge in [-0.1, -0.05) is 36.4 Å². The van der Waals surface area contributed by atoms with Gasteiger partial charge in [0.15, 0.2) is 0 Å². The summed E-state index contributed by atoms with van der Waals surface area (Å²) in [4.78, 5) is 56.4. The van der Waals surface area contributed by atoms with Gasteiger partial charge in [0.2, 0.25) is 11.8 Å². The molecule has 0 bridgehead atoms. The van der Waals surface area contributed by atoms with Crippen molar-refractivity contribution >= 4 is 23.6 Å². The van der Waals surface area contributed by atoms with Crippen molar-refractivity contribution in [1.29, 1.82) is 0 Å². The number of aryl methyl sites for hydroxylation is 2. The number of amides is 4. The van der Waals surface area contributed by atoms with Crippen molar-refractivity contribution in [3.05, 3.63) is 70.3 Å². The number of fused-ring (bicyclic) bond motifs is 1. The van der Waals surface area contributed by atoms with E-state index in [1.807, 2.05) is 6.07 Å². The Hall–Kier alpha value is -3.40. The Bertz CT molecular complexity index is 1350. The summed E-state index contributed by atoms with van der Waals surface area (Å²) in [6.07, 6.45) is 1.60. The van der Waals surface area contributed by atoms with Gasteiger partial charge in [0.25, 0.3) is 11.8 Å². The van der Waals surface area contributed by atoms with Gasteiger partial charge in [-0.25, -0.2) is 0 Å². The van der Waals surface area contributed by atoms with E-state index in [1.54, 1.807) is 12.1 Å². The lowest BCUT2D eigenvalue weighted by atomic mass is 9.96. The Morgan fingerprint density at radius 2 is 1.70 bits per heavy atom. The first-order valence-electron chi connectivity index (χ1n) is 14.2. The molecule has 1 N–H and O–H groups in total. The van der Waals surface area contributed by atoms with E-state index in [0.717, 1.165) is 61.8 Å². The van der Waals surface area contributed by atoms with Crippen molar-refractivity contribution in [2.75, 3.05) is 32.8 Å². The zero-order valence-electron chi connectivity index (χ0n) is 23.2. The van der Waals surface area contributed by atoms with Crippen LogP contribution in [0.2, 0.25) is 0 Å². The second-order valence-electron chi connectivity index (χ2n) is 12.0. The molecule has 0 spiro atoms. The number of carbonyl (C=O) groups excluding carboxylic acids is 4. The van der Waals surface area contributed by atoms with Crippen LogP contribution in [-0.2, 0) is 33.7 Å². The molecule has 3 fully saturated rings. The fraction of sp³-hybridized carbons (Fsp3) is 0.484. The largest absolute Gasteiger partial charge is 0.373 e. The summed E-state index contributed by atoms with van der Waals surface area (Å²) in [6.45, 7) is 10.2. The van der Waals surface area contributed by atoms with Gasteiger partial charge in [-0.2, -0.15) is 0 Å². The van der Waals surface area contributed by atoms with Gasteiger partial charge in [-0.3, -0.25) is 39.2 Å². The standard InChI is InChI=1S/C31H36N4O5/c1-31(2)19-34(14-15-40-31)23-17-33(18-23)16-21-8-6-20(7-9-21)10-11-22-4-3-5-24-27(22)30(39)35(29(24)38)25-12-13-26(36)32-28(25)37/h3-9,23,25H,10-19H2,1-2H3,(H,32,36,37). The Labute approximate surface area is 234 Å². The second-order valence-corrected chi connectivity index (χ2v) is 12.0. The molecule has 0 aliphatic carbocycles. The van der Waals surface area contributed by atoms with E-state index in [1.165, 1.54) is 5.56 Å². The Kier molecular flexibility index (Phi) is 7.06. The van der Waals surface area contributed by atoms with Gasteiger partial charge in [0.1, 0.15) is 6.04 Å². The van der Waals surface area contributed by atoms with Crippen molar-refractivity contribution in [2.45, 2.75) is 63.8 Å². The Balaban J connectivity index is 1.04. The maximum atomic E-state index is 13.3. The molecule has 4 aliphatic heterocycles. The van der Waals surface area contributed by atoms with Crippen LogP contribution in [0, 0.1) is 0 Å². The number of carbonyl (C=O) groups is 4. The third-order valence-corrected chi connectivity index (χ3v) is 8.58. The molecular weight excluding hydrogens is 508 g/mol. The summed E-state index contributed by atoms with van der Waals surface area (Å²) in [7, 11) is 0. The highest BCUT2D eigenvalue weighted by Crippen LogP contribution is 2.31. The summed E-state index contributed by atoms with van der Waals surface area (Å²) in [5.41, 5.74) is 3.89. The van der Waals surface area contributed by atoms with Gasteiger partial charge in [0.05, 0.1) is 23.3 Å². The molecule has 1 atom stereocenters. The number of hydrogen-bond donors (Lipinski definition) is 1. The number of morpholine rings is 1. The molecule has 2 aromatic carbocycles. The minimum Gasteiger partial charge on any atom is -0.373 e. The predicted molar refractivity (Wildman–Crippen MR) is 148 cm³/mol. The first-order chi connectivity index (χ1) is 19.2. The van der Waals surface area contributed by atoms with Crippen molar-refractivity contribution in [2.24, 2.45) is 0 Å². The molecule has 40 heavy (non-hydrogen) atoms. The minimum absolute atomic E-state index is 0.0654. The first-order valence-corrected chi connectivity index (χ1v) is 14.2. The number of likely N-dealkylation sites (tertiary alicyclic amines) is 1. The molecule has 1 unspecified atom stereocenters. The fourth-order valence-corrected chi connectivity index (χ4v) is 6.41. The van der Waals surface area contributed by atoms with Crippen molar-refractivity contribution in [3.63, 3.8) is 0 Å². The number of imide groups is 2. The molecule has 4 heterocycles. The molecule has 0 radical (unpaired) electrons. The maximum Gasteiger partial charge on any atom is 0.262 e. The zero-order valence-corrected chi connectivity index (χ0v) is 23.2. The van der Waals surface area contributed by atoms with Crippen LogP contribution in [-0.4, -0.2) is 88.8 Å². The molecule has 0 saturated carbocycles. The number of benzene rings is 2. The average molecular weight is 545 g/mol. The summed E-state index contributed by atoms with van der Waals surface area (Å²) in [5, 5.41) is 2.25. The highest BCUT2D eigenvalue weighted by molar-refractivity contribution is 6.24. The second kappa shape index (κ2) is 10.5. The molecule has 4 amide bonds. The highest BCUT2D eigenvalue weighted by Gasteiger charge is 2.45. The number of rotatable bonds is 7. The van der Waals surface area contributed by atoms with E-state index in [2.05, 4.69) is 53.2 Å².